The number of ether oxygens (including phenoxy) is 1. The van der Waals surface area contributed by atoms with E-state index in [1.807, 2.05) is 42.5 Å². The molecule has 0 aliphatic carbocycles. The molecule has 0 spiro atoms. The number of hydrogen-bond acceptors (Lipinski definition) is 3. The maximum atomic E-state index is 12.6. The van der Waals surface area contributed by atoms with E-state index in [2.05, 4.69) is 16.4 Å². The molecule has 0 unspecified atom stereocenters. The molecule has 27 heavy (non-hydrogen) atoms. The van der Waals surface area contributed by atoms with Gasteiger partial charge >= 0.3 is 0 Å². The second-order valence-electron chi connectivity index (χ2n) is 6.65. The molecule has 2 aromatic carbocycles. The molecule has 1 aliphatic rings. The largest absolute Gasteiger partial charge is 0.376 e. The number of carbonyl (C=O) groups is 1. The second kappa shape index (κ2) is 8.38. The van der Waals surface area contributed by atoms with E-state index in [1.54, 1.807) is 11.8 Å². The molecule has 140 valence electrons. The topological polar surface area (TPSA) is 54.1 Å². The quantitative estimate of drug-likeness (QED) is 0.624. The SMILES string of the molecule is O=C(Cc1c(Sc2ccc(Cl)cc2)[nH]c2ccccc12)NC[C@H]1CCCO1. The smallest absolute Gasteiger partial charge is 0.224 e. The van der Waals surface area contributed by atoms with E-state index in [9.17, 15) is 4.79 Å². The number of halogens is 1. The first kappa shape index (κ1) is 18.4. The molecule has 6 heteroatoms. The third kappa shape index (κ3) is 4.49. The molecule has 1 saturated heterocycles. The highest BCUT2D eigenvalue weighted by Crippen LogP contribution is 2.35. The van der Waals surface area contributed by atoms with Crippen LogP contribution in [-0.2, 0) is 16.0 Å². The van der Waals surface area contributed by atoms with Crippen molar-refractivity contribution in [2.75, 3.05) is 13.2 Å². The van der Waals surface area contributed by atoms with E-state index in [0.717, 1.165) is 45.8 Å². The van der Waals surface area contributed by atoms with Crippen LogP contribution in [0.2, 0.25) is 5.02 Å². The lowest BCUT2D eigenvalue weighted by Gasteiger charge is -2.11. The fourth-order valence-electron chi connectivity index (χ4n) is 3.31. The van der Waals surface area contributed by atoms with Gasteiger partial charge in [-0.25, -0.2) is 0 Å². The number of aromatic nitrogens is 1. The van der Waals surface area contributed by atoms with Gasteiger partial charge in [-0.1, -0.05) is 41.6 Å². The van der Waals surface area contributed by atoms with Crippen LogP contribution in [0, 0.1) is 0 Å². The number of hydrogen-bond donors (Lipinski definition) is 2. The molecular weight excluding hydrogens is 380 g/mol. The van der Waals surface area contributed by atoms with Gasteiger partial charge < -0.3 is 15.0 Å². The Kier molecular flexibility index (Phi) is 5.72. The summed E-state index contributed by atoms with van der Waals surface area (Å²) in [4.78, 5) is 17.1. The van der Waals surface area contributed by atoms with Crippen molar-refractivity contribution < 1.29 is 9.53 Å². The molecule has 3 aromatic rings. The summed E-state index contributed by atoms with van der Waals surface area (Å²) < 4.78 is 5.59. The van der Waals surface area contributed by atoms with Crippen LogP contribution >= 0.6 is 23.4 Å². The molecule has 4 rings (SSSR count). The fraction of sp³-hybridized carbons (Fsp3) is 0.286. The van der Waals surface area contributed by atoms with E-state index in [0.29, 0.717) is 18.0 Å². The Morgan fingerprint density at radius 2 is 2.04 bits per heavy atom. The summed E-state index contributed by atoms with van der Waals surface area (Å²) in [6, 6.07) is 15.8. The van der Waals surface area contributed by atoms with Crippen molar-refractivity contribution in [2.24, 2.45) is 0 Å². The minimum atomic E-state index is 0.0215. The molecule has 0 saturated carbocycles. The Morgan fingerprint density at radius 3 is 2.81 bits per heavy atom. The average molecular weight is 401 g/mol. The minimum Gasteiger partial charge on any atom is -0.376 e. The van der Waals surface area contributed by atoms with Crippen molar-refractivity contribution in [3.05, 3.63) is 59.1 Å². The van der Waals surface area contributed by atoms with Crippen molar-refractivity contribution in [1.82, 2.24) is 10.3 Å². The lowest BCUT2D eigenvalue weighted by Crippen LogP contribution is -2.32. The second-order valence-corrected chi connectivity index (χ2v) is 8.17. The number of carbonyl (C=O) groups excluding carboxylic acids is 1. The number of benzene rings is 2. The van der Waals surface area contributed by atoms with Crippen LogP contribution in [0.1, 0.15) is 18.4 Å². The zero-order chi connectivity index (χ0) is 18.6. The summed E-state index contributed by atoms with van der Waals surface area (Å²) in [7, 11) is 0. The summed E-state index contributed by atoms with van der Waals surface area (Å²) in [6.45, 7) is 1.38. The molecular formula is C21H21ClN2O2S. The van der Waals surface area contributed by atoms with Crippen LogP contribution < -0.4 is 5.32 Å². The Morgan fingerprint density at radius 1 is 1.22 bits per heavy atom. The fourth-order valence-corrected chi connectivity index (χ4v) is 4.41. The summed E-state index contributed by atoms with van der Waals surface area (Å²) in [5, 5.41) is 5.81. The highest BCUT2D eigenvalue weighted by molar-refractivity contribution is 7.99. The van der Waals surface area contributed by atoms with Gasteiger partial charge in [-0.05, 0) is 43.2 Å². The standard InChI is InChI=1S/C21H21ClN2O2S/c22-14-7-9-16(10-8-14)27-21-18(17-5-1-2-6-19(17)24-21)12-20(25)23-13-15-4-3-11-26-15/h1-2,5-10,15,24H,3-4,11-13H2,(H,23,25)/t15-/m1/s1. The van der Waals surface area contributed by atoms with Gasteiger partial charge in [0.15, 0.2) is 0 Å². The van der Waals surface area contributed by atoms with Crippen molar-refractivity contribution in [3.8, 4) is 0 Å². The maximum Gasteiger partial charge on any atom is 0.224 e. The van der Waals surface area contributed by atoms with E-state index < -0.39 is 0 Å². The lowest BCUT2D eigenvalue weighted by atomic mass is 10.1. The van der Waals surface area contributed by atoms with Crippen LogP contribution in [-0.4, -0.2) is 30.1 Å². The summed E-state index contributed by atoms with van der Waals surface area (Å²) in [6.07, 6.45) is 2.59. The highest BCUT2D eigenvalue weighted by atomic mass is 35.5. The van der Waals surface area contributed by atoms with Crippen molar-refractivity contribution in [2.45, 2.75) is 35.3 Å². The normalized spacial score (nSPS) is 16.7. The van der Waals surface area contributed by atoms with Gasteiger partial charge in [0.05, 0.1) is 17.6 Å². The molecule has 2 N–H and O–H groups in total. The summed E-state index contributed by atoms with van der Waals surface area (Å²) in [5.41, 5.74) is 2.06. The van der Waals surface area contributed by atoms with E-state index in [-0.39, 0.29) is 12.0 Å². The molecule has 1 atom stereocenters. The van der Waals surface area contributed by atoms with Gasteiger partial charge in [0.1, 0.15) is 0 Å². The van der Waals surface area contributed by atoms with Crippen LogP contribution in [0.15, 0.2) is 58.5 Å². The predicted octanol–water partition coefficient (Wildman–Crippen LogP) is 4.81. The molecule has 1 amide bonds. The minimum absolute atomic E-state index is 0.0215. The number of H-pyrrole nitrogens is 1. The van der Waals surface area contributed by atoms with Gasteiger partial charge in [-0.2, -0.15) is 0 Å². The summed E-state index contributed by atoms with van der Waals surface area (Å²) in [5.74, 6) is 0.0215. The highest BCUT2D eigenvalue weighted by Gasteiger charge is 2.19. The number of rotatable bonds is 6. The van der Waals surface area contributed by atoms with E-state index in [1.165, 1.54) is 0 Å². The Bertz CT molecular complexity index is 933. The molecule has 1 aromatic heterocycles. The van der Waals surface area contributed by atoms with Crippen LogP contribution in [0.5, 0.6) is 0 Å². The van der Waals surface area contributed by atoms with Gasteiger partial charge in [0.2, 0.25) is 5.91 Å². The first-order chi connectivity index (χ1) is 13.2. The Hall–Kier alpha value is -1.95. The monoisotopic (exact) mass is 400 g/mol. The van der Waals surface area contributed by atoms with Crippen LogP contribution in [0.3, 0.4) is 0 Å². The molecule has 1 fully saturated rings. The van der Waals surface area contributed by atoms with Gasteiger partial charge in [-0.15, -0.1) is 0 Å². The maximum absolute atomic E-state index is 12.6. The lowest BCUT2D eigenvalue weighted by molar-refractivity contribution is -0.120. The zero-order valence-electron chi connectivity index (χ0n) is 14.8. The molecule has 0 bridgehead atoms. The van der Waals surface area contributed by atoms with Gasteiger partial charge in [0, 0.05) is 39.5 Å². The third-order valence-electron chi connectivity index (χ3n) is 4.70. The Labute approximate surface area is 167 Å². The first-order valence-corrected chi connectivity index (χ1v) is 10.3. The molecule has 4 nitrogen and oxygen atoms in total. The van der Waals surface area contributed by atoms with Crippen LogP contribution in [0.4, 0.5) is 0 Å². The summed E-state index contributed by atoms with van der Waals surface area (Å²) >= 11 is 7.60. The van der Waals surface area contributed by atoms with E-state index >= 15 is 0 Å². The van der Waals surface area contributed by atoms with Crippen molar-refractivity contribution >= 4 is 40.2 Å². The number of fused-ring (bicyclic) bond motifs is 1. The number of para-hydroxylation sites is 1. The van der Waals surface area contributed by atoms with Crippen LogP contribution in [0.25, 0.3) is 10.9 Å². The molecule has 1 aliphatic heterocycles. The number of nitrogens with one attached hydrogen (secondary N) is 2. The zero-order valence-corrected chi connectivity index (χ0v) is 16.4. The predicted molar refractivity (Wildman–Crippen MR) is 110 cm³/mol. The Balaban J connectivity index is 1.54. The number of aromatic amines is 1. The first-order valence-electron chi connectivity index (χ1n) is 9.10. The van der Waals surface area contributed by atoms with Crippen molar-refractivity contribution in [3.63, 3.8) is 0 Å². The van der Waals surface area contributed by atoms with Gasteiger partial charge in [-0.3, -0.25) is 4.79 Å². The average Bonchev–Trinajstić information content (AvgIpc) is 3.31. The van der Waals surface area contributed by atoms with Gasteiger partial charge in [0.25, 0.3) is 0 Å². The third-order valence-corrected chi connectivity index (χ3v) is 6.01. The molecule has 0 radical (unpaired) electrons. The van der Waals surface area contributed by atoms with E-state index in [4.69, 9.17) is 16.3 Å². The number of amides is 1. The van der Waals surface area contributed by atoms with Crippen molar-refractivity contribution in [1.29, 1.82) is 0 Å². The molecule has 2 heterocycles.